The van der Waals surface area contributed by atoms with Gasteiger partial charge in [-0.15, -0.1) is 0 Å². The highest BCUT2D eigenvalue weighted by atomic mass is 32.1. The predicted octanol–water partition coefficient (Wildman–Crippen LogP) is 4.08. The summed E-state index contributed by atoms with van der Waals surface area (Å²) in [6.45, 7) is 2.72. The van der Waals surface area contributed by atoms with E-state index in [9.17, 15) is 4.79 Å². The molecule has 120 valence electrons. The van der Waals surface area contributed by atoms with Crippen LogP contribution in [0, 0.1) is 0 Å². The average Bonchev–Trinajstić information content (AvgIpc) is 2.60. The normalized spacial score (nSPS) is 10.1. The molecule has 0 saturated carbocycles. The Morgan fingerprint density at radius 1 is 1.00 bits per heavy atom. The summed E-state index contributed by atoms with van der Waals surface area (Å²) in [4.78, 5) is 12.3. The summed E-state index contributed by atoms with van der Waals surface area (Å²) in [5.41, 5.74) is 3.14. The molecule has 2 aromatic carbocycles. The van der Waals surface area contributed by atoms with Crippen molar-refractivity contribution in [3.8, 4) is 0 Å². The Labute approximate surface area is 143 Å². The van der Waals surface area contributed by atoms with Gasteiger partial charge in [0.25, 0.3) is 5.91 Å². The third-order valence-corrected chi connectivity index (χ3v) is 3.86. The van der Waals surface area contributed by atoms with Crippen LogP contribution in [0.15, 0.2) is 54.6 Å². The smallest absolute Gasteiger partial charge is 0.283 e. The van der Waals surface area contributed by atoms with Crippen molar-refractivity contribution in [3.05, 3.63) is 65.7 Å². The number of unbranched alkanes of at least 4 members (excludes halogenated alkanes) is 1. The molecule has 0 aliphatic rings. The van der Waals surface area contributed by atoms with E-state index in [1.54, 1.807) is 0 Å². The van der Waals surface area contributed by atoms with Crippen molar-refractivity contribution < 1.29 is 4.79 Å². The molecule has 1 amide bonds. The van der Waals surface area contributed by atoms with E-state index < -0.39 is 0 Å². The lowest BCUT2D eigenvalue weighted by Gasteiger charge is -2.09. The van der Waals surface area contributed by atoms with Crippen molar-refractivity contribution >= 4 is 28.8 Å². The summed E-state index contributed by atoms with van der Waals surface area (Å²) < 4.78 is 0. The van der Waals surface area contributed by atoms with Gasteiger partial charge in [-0.25, -0.2) is 0 Å². The number of hydrogen-bond acceptors (Lipinski definition) is 2. The minimum atomic E-state index is -0.280. The summed E-state index contributed by atoms with van der Waals surface area (Å²) in [6.07, 6.45) is 3.43. The van der Waals surface area contributed by atoms with Gasteiger partial charge in [0.2, 0.25) is 0 Å². The number of rotatable bonds is 6. The molecule has 0 aliphatic carbocycles. The van der Waals surface area contributed by atoms with Crippen LogP contribution in [-0.4, -0.2) is 10.9 Å². The quantitative estimate of drug-likeness (QED) is 0.786. The molecule has 0 fully saturated rings. The van der Waals surface area contributed by atoms with Crippen LogP contribution in [0.3, 0.4) is 0 Å². The van der Waals surface area contributed by atoms with Gasteiger partial charge in [0.15, 0.2) is 4.99 Å². The van der Waals surface area contributed by atoms with Gasteiger partial charge in [-0.05, 0) is 36.1 Å². The van der Waals surface area contributed by atoms with E-state index in [0.717, 1.165) is 17.7 Å². The molecule has 0 saturated heterocycles. The van der Waals surface area contributed by atoms with E-state index in [1.807, 2.05) is 54.6 Å². The van der Waals surface area contributed by atoms with Crippen molar-refractivity contribution in [1.29, 1.82) is 0 Å². The van der Waals surface area contributed by atoms with Crippen molar-refractivity contribution in [3.63, 3.8) is 0 Å². The van der Waals surface area contributed by atoms with Gasteiger partial charge in [0, 0.05) is 12.2 Å². The Morgan fingerprint density at radius 3 is 2.35 bits per heavy atom. The van der Waals surface area contributed by atoms with Crippen LogP contribution in [0.1, 0.15) is 30.9 Å². The number of thiocarbonyl (C=S) groups is 1. The van der Waals surface area contributed by atoms with Crippen LogP contribution >= 0.6 is 12.2 Å². The molecule has 0 aliphatic heterocycles. The maximum absolute atomic E-state index is 12.1. The summed E-state index contributed by atoms with van der Waals surface area (Å²) in [5, 5.41) is 5.80. The third kappa shape index (κ3) is 5.83. The Bertz CT molecular complexity index is 638. The lowest BCUT2D eigenvalue weighted by atomic mass is 10.1. The maximum Gasteiger partial charge on any atom is 0.283 e. The number of aryl methyl sites for hydroxylation is 1. The van der Waals surface area contributed by atoms with Crippen molar-refractivity contribution in [2.45, 2.75) is 32.7 Å². The van der Waals surface area contributed by atoms with Crippen molar-refractivity contribution in [1.82, 2.24) is 5.32 Å². The van der Waals surface area contributed by atoms with Crippen LogP contribution in [0.4, 0.5) is 5.69 Å². The van der Waals surface area contributed by atoms with Crippen molar-refractivity contribution in [2.24, 2.45) is 0 Å². The average molecular weight is 326 g/mol. The van der Waals surface area contributed by atoms with Gasteiger partial charge in [-0.3, -0.25) is 4.79 Å². The standard InChI is InChI=1S/C19H22N2OS/c1-2-3-7-15-10-12-17(13-11-15)21-18(22)19(23)20-14-16-8-5-4-6-9-16/h4-6,8-13H,2-3,7,14H2,1H3,(H,20,23)(H,21,22). The second kappa shape index (κ2) is 9.06. The molecule has 0 bridgehead atoms. The van der Waals surface area contributed by atoms with Crippen LogP contribution < -0.4 is 10.6 Å². The minimum absolute atomic E-state index is 0.198. The summed E-state index contributed by atoms with van der Waals surface area (Å²) in [5.74, 6) is -0.280. The monoisotopic (exact) mass is 326 g/mol. The Hall–Kier alpha value is -2.20. The lowest BCUT2D eigenvalue weighted by molar-refractivity contribution is -0.110. The Balaban J connectivity index is 1.82. The molecule has 0 spiro atoms. The van der Waals surface area contributed by atoms with E-state index >= 15 is 0 Å². The van der Waals surface area contributed by atoms with Crippen LogP contribution in [0.2, 0.25) is 0 Å². The first-order valence-electron chi connectivity index (χ1n) is 7.91. The zero-order valence-electron chi connectivity index (χ0n) is 13.3. The van der Waals surface area contributed by atoms with E-state index in [4.69, 9.17) is 12.2 Å². The number of nitrogens with one attached hydrogen (secondary N) is 2. The Kier molecular flexibility index (Phi) is 6.76. The number of amides is 1. The molecule has 2 N–H and O–H groups in total. The van der Waals surface area contributed by atoms with Gasteiger partial charge in [-0.1, -0.05) is 68.0 Å². The summed E-state index contributed by atoms with van der Waals surface area (Å²) in [6, 6.07) is 17.8. The third-order valence-electron chi connectivity index (χ3n) is 3.53. The zero-order chi connectivity index (χ0) is 16.5. The van der Waals surface area contributed by atoms with Gasteiger partial charge in [0.1, 0.15) is 0 Å². The zero-order valence-corrected chi connectivity index (χ0v) is 14.2. The number of carbonyl (C=O) groups excluding carboxylic acids is 1. The molecular formula is C19H22N2OS. The second-order valence-electron chi connectivity index (χ2n) is 5.42. The van der Waals surface area contributed by atoms with Crippen LogP contribution in [0.25, 0.3) is 0 Å². The highest BCUT2D eigenvalue weighted by Gasteiger charge is 2.09. The summed E-state index contributed by atoms with van der Waals surface area (Å²) in [7, 11) is 0. The first-order chi connectivity index (χ1) is 11.2. The fourth-order valence-corrected chi connectivity index (χ4v) is 2.31. The lowest BCUT2D eigenvalue weighted by Crippen LogP contribution is -2.33. The van der Waals surface area contributed by atoms with E-state index in [2.05, 4.69) is 17.6 Å². The summed E-state index contributed by atoms with van der Waals surface area (Å²) >= 11 is 5.13. The fourth-order valence-electron chi connectivity index (χ4n) is 2.18. The number of hydrogen-bond donors (Lipinski definition) is 2. The largest absolute Gasteiger partial charge is 0.368 e. The molecule has 0 aromatic heterocycles. The highest BCUT2D eigenvalue weighted by Crippen LogP contribution is 2.11. The fraction of sp³-hybridized carbons (Fsp3) is 0.263. The maximum atomic E-state index is 12.1. The van der Waals surface area contributed by atoms with Gasteiger partial charge in [-0.2, -0.15) is 0 Å². The molecular weight excluding hydrogens is 304 g/mol. The number of carbonyl (C=O) groups is 1. The Morgan fingerprint density at radius 2 is 1.70 bits per heavy atom. The molecule has 2 rings (SSSR count). The van der Waals surface area contributed by atoms with E-state index in [1.165, 1.54) is 18.4 Å². The van der Waals surface area contributed by atoms with Gasteiger partial charge >= 0.3 is 0 Å². The predicted molar refractivity (Wildman–Crippen MR) is 99.6 cm³/mol. The van der Waals surface area contributed by atoms with Crippen molar-refractivity contribution in [2.75, 3.05) is 5.32 Å². The highest BCUT2D eigenvalue weighted by molar-refractivity contribution is 7.82. The second-order valence-corrected chi connectivity index (χ2v) is 5.83. The first kappa shape index (κ1) is 17.2. The SMILES string of the molecule is CCCCc1ccc(NC(=O)C(=S)NCc2ccccc2)cc1. The van der Waals surface area contributed by atoms with Gasteiger partial charge < -0.3 is 10.6 Å². The molecule has 0 radical (unpaired) electrons. The first-order valence-corrected chi connectivity index (χ1v) is 8.32. The molecule has 0 heterocycles. The van der Waals surface area contributed by atoms with Gasteiger partial charge in [0.05, 0.1) is 0 Å². The van der Waals surface area contributed by atoms with Crippen LogP contribution in [0.5, 0.6) is 0 Å². The molecule has 0 unspecified atom stereocenters. The van der Waals surface area contributed by atoms with E-state index in [0.29, 0.717) is 6.54 Å². The van der Waals surface area contributed by atoms with Crippen LogP contribution in [-0.2, 0) is 17.8 Å². The minimum Gasteiger partial charge on any atom is -0.368 e. The molecule has 23 heavy (non-hydrogen) atoms. The number of benzene rings is 2. The molecule has 2 aromatic rings. The number of anilines is 1. The topological polar surface area (TPSA) is 41.1 Å². The van der Waals surface area contributed by atoms with E-state index in [-0.39, 0.29) is 10.9 Å². The molecule has 4 heteroatoms. The molecule has 3 nitrogen and oxygen atoms in total. The molecule has 0 atom stereocenters.